The molecule has 7 rings (SSSR count). The van der Waals surface area contributed by atoms with Crippen molar-refractivity contribution in [3.05, 3.63) is 89.8 Å². The lowest BCUT2D eigenvalue weighted by atomic mass is 9.48. The van der Waals surface area contributed by atoms with Crippen molar-refractivity contribution in [2.24, 2.45) is 22.7 Å². The first-order chi connectivity index (χ1) is 17.0. The van der Waals surface area contributed by atoms with Gasteiger partial charge < -0.3 is 9.30 Å². The van der Waals surface area contributed by atoms with Crippen LogP contribution in [0.5, 0.6) is 5.75 Å². The zero-order valence-electron chi connectivity index (χ0n) is 21.0. The van der Waals surface area contributed by atoms with Crippen molar-refractivity contribution in [3.8, 4) is 11.4 Å². The lowest BCUT2D eigenvalue weighted by Gasteiger charge is -2.57. The molecule has 4 bridgehead atoms. The van der Waals surface area contributed by atoms with Crippen LogP contribution in [0.15, 0.2) is 72.2 Å². The molecule has 4 saturated carbocycles. The summed E-state index contributed by atoms with van der Waals surface area (Å²) in [5.41, 5.74) is 7.72. The summed E-state index contributed by atoms with van der Waals surface area (Å²) in [6.07, 6.45) is 12.5. The van der Waals surface area contributed by atoms with E-state index in [-0.39, 0.29) is 0 Å². The molecule has 1 aromatic heterocycles. The maximum absolute atomic E-state index is 5.63. The Labute approximate surface area is 209 Å². The first kappa shape index (κ1) is 22.4. The second-order valence-corrected chi connectivity index (χ2v) is 11.3. The largest absolute Gasteiger partial charge is 0.490 e. The summed E-state index contributed by atoms with van der Waals surface area (Å²) >= 11 is 0. The standard InChI is InChI=1S/C32H36N2O/c1-4-13-35-31-11-9-30(10-12-31)34-22(2)14-27(23(34)3)21-33-29-7-5-28(6-8-29)32-18-24-15-25(19-32)17-26(16-24)20-32/h4-12,14,21,24-26H,1,13,15-20H2,2-3H3. The summed E-state index contributed by atoms with van der Waals surface area (Å²) in [5, 5.41) is 0. The van der Waals surface area contributed by atoms with Crippen molar-refractivity contribution in [3.63, 3.8) is 0 Å². The van der Waals surface area contributed by atoms with Crippen LogP contribution in [0.2, 0.25) is 0 Å². The summed E-state index contributed by atoms with van der Waals surface area (Å²) in [6.45, 7) is 8.53. The van der Waals surface area contributed by atoms with E-state index in [1.807, 2.05) is 18.3 Å². The molecule has 180 valence electrons. The molecule has 0 N–H and O–H groups in total. The molecular weight excluding hydrogens is 428 g/mol. The normalized spacial score (nSPS) is 27.0. The zero-order chi connectivity index (χ0) is 24.0. The SMILES string of the molecule is C=CCOc1ccc(-n2c(C)cc(C=Nc3ccc(C45CC6CC(CC(C6)C4)C5)cc3)c2C)cc1. The number of aromatic nitrogens is 1. The van der Waals surface area contributed by atoms with Crippen LogP contribution >= 0.6 is 0 Å². The number of benzene rings is 2. The molecule has 0 saturated heterocycles. The summed E-state index contributed by atoms with van der Waals surface area (Å²) in [5.74, 6) is 3.79. The first-order valence-corrected chi connectivity index (χ1v) is 13.2. The van der Waals surface area contributed by atoms with E-state index in [0.717, 1.165) is 40.4 Å². The summed E-state index contributed by atoms with van der Waals surface area (Å²) < 4.78 is 7.90. The first-order valence-electron chi connectivity index (χ1n) is 13.2. The highest BCUT2D eigenvalue weighted by Crippen LogP contribution is 2.60. The number of hydrogen-bond donors (Lipinski definition) is 0. The number of ether oxygens (including phenoxy) is 1. The van der Waals surface area contributed by atoms with Gasteiger partial charge in [0, 0.05) is 28.9 Å². The molecule has 4 aliphatic rings. The minimum Gasteiger partial charge on any atom is -0.490 e. The molecule has 0 aliphatic heterocycles. The summed E-state index contributed by atoms with van der Waals surface area (Å²) in [4.78, 5) is 4.85. The van der Waals surface area contributed by atoms with Gasteiger partial charge in [-0.2, -0.15) is 0 Å². The second kappa shape index (κ2) is 8.86. The Morgan fingerprint density at radius 2 is 1.57 bits per heavy atom. The summed E-state index contributed by atoms with van der Waals surface area (Å²) in [7, 11) is 0. The lowest BCUT2D eigenvalue weighted by molar-refractivity contribution is -0.00518. The molecule has 4 aliphatic carbocycles. The van der Waals surface area contributed by atoms with Gasteiger partial charge in [0.05, 0.1) is 5.69 Å². The highest BCUT2D eigenvalue weighted by molar-refractivity contribution is 5.84. The van der Waals surface area contributed by atoms with E-state index < -0.39 is 0 Å². The molecule has 3 nitrogen and oxygen atoms in total. The number of nitrogens with zero attached hydrogens (tertiary/aromatic N) is 2. The molecule has 0 unspecified atom stereocenters. The van der Waals surface area contributed by atoms with Gasteiger partial charge in [-0.3, -0.25) is 4.99 Å². The van der Waals surface area contributed by atoms with Crippen LogP contribution in [0.1, 0.15) is 61.0 Å². The van der Waals surface area contributed by atoms with Gasteiger partial charge in [-0.15, -0.1) is 0 Å². The average molecular weight is 465 g/mol. The van der Waals surface area contributed by atoms with Gasteiger partial charge in [0.1, 0.15) is 12.4 Å². The number of rotatable bonds is 7. The predicted molar refractivity (Wildman–Crippen MR) is 144 cm³/mol. The predicted octanol–water partition coefficient (Wildman–Crippen LogP) is 7.88. The van der Waals surface area contributed by atoms with E-state index in [1.165, 1.54) is 49.9 Å². The van der Waals surface area contributed by atoms with E-state index in [1.54, 1.807) is 11.6 Å². The van der Waals surface area contributed by atoms with E-state index in [2.05, 4.69) is 67.5 Å². The monoisotopic (exact) mass is 464 g/mol. The number of aryl methyl sites for hydroxylation is 1. The molecule has 0 atom stereocenters. The van der Waals surface area contributed by atoms with E-state index in [0.29, 0.717) is 12.0 Å². The van der Waals surface area contributed by atoms with Gasteiger partial charge in [-0.25, -0.2) is 0 Å². The third-order valence-electron chi connectivity index (χ3n) is 8.80. The van der Waals surface area contributed by atoms with Crippen LogP contribution < -0.4 is 4.74 Å². The van der Waals surface area contributed by atoms with Crippen molar-refractivity contribution >= 4 is 11.9 Å². The highest BCUT2D eigenvalue weighted by atomic mass is 16.5. The Balaban J connectivity index is 1.19. The van der Waals surface area contributed by atoms with Crippen LogP contribution in [0, 0.1) is 31.6 Å². The highest BCUT2D eigenvalue weighted by Gasteiger charge is 2.51. The number of aliphatic imine (C=N–C) groups is 1. The topological polar surface area (TPSA) is 26.5 Å². The van der Waals surface area contributed by atoms with E-state index in [4.69, 9.17) is 9.73 Å². The fourth-order valence-corrected chi connectivity index (χ4v) is 7.67. The van der Waals surface area contributed by atoms with Gasteiger partial charge >= 0.3 is 0 Å². The Kier molecular flexibility index (Phi) is 5.67. The molecule has 0 amide bonds. The van der Waals surface area contributed by atoms with Crippen LogP contribution in [-0.4, -0.2) is 17.4 Å². The molecule has 3 aromatic rings. The fraction of sp³-hybridized carbons (Fsp3) is 0.406. The fourth-order valence-electron chi connectivity index (χ4n) is 7.67. The third kappa shape index (κ3) is 4.16. The van der Waals surface area contributed by atoms with Crippen molar-refractivity contribution in [1.29, 1.82) is 0 Å². The Morgan fingerprint density at radius 1 is 0.943 bits per heavy atom. The zero-order valence-corrected chi connectivity index (χ0v) is 21.0. The molecular formula is C32H36N2O. The molecule has 35 heavy (non-hydrogen) atoms. The van der Waals surface area contributed by atoms with Crippen molar-refractivity contribution < 1.29 is 4.74 Å². The van der Waals surface area contributed by atoms with Crippen LogP contribution in [0.25, 0.3) is 5.69 Å². The Bertz CT molecular complexity index is 1210. The van der Waals surface area contributed by atoms with Gasteiger partial charge in [0.15, 0.2) is 0 Å². The molecule has 1 heterocycles. The maximum Gasteiger partial charge on any atom is 0.119 e. The summed E-state index contributed by atoms with van der Waals surface area (Å²) in [6, 6.07) is 19.6. The minimum atomic E-state index is 0.453. The van der Waals surface area contributed by atoms with Crippen LogP contribution in [0.3, 0.4) is 0 Å². The average Bonchev–Trinajstić information content (AvgIpc) is 3.14. The minimum absolute atomic E-state index is 0.453. The molecule has 2 aromatic carbocycles. The smallest absolute Gasteiger partial charge is 0.119 e. The molecule has 0 spiro atoms. The van der Waals surface area contributed by atoms with Gasteiger partial charge in [0.25, 0.3) is 0 Å². The molecule has 0 radical (unpaired) electrons. The Hall–Kier alpha value is -3.07. The second-order valence-electron chi connectivity index (χ2n) is 11.3. The van der Waals surface area contributed by atoms with Crippen LogP contribution in [0.4, 0.5) is 5.69 Å². The maximum atomic E-state index is 5.63. The van der Waals surface area contributed by atoms with Crippen molar-refractivity contribution in [2.45, 2.75) is 57.8 Å². The molecule has 4 fully saturated rings. The van der Waals surface area contributed by atoms with Gasteiger partial charge in [-0.1, -0.05) is 24.8 Å². The van der Waals surface area contributed by atoms with Crippen molar-refractivity contribution in [1.82, 2.24) is 4.57 Å². The van der Waals surface area contributed by atoms with Crippen molar-refractivity contribution in [2.75, 3.05) is 6.61 Å². The van der Waals surface area contributed by atoms with E-state index in [9.17, 15) is 0 Å². The van der Waals surface area contributed by atoms with Gasteiger partial charge in [0.2, 0.25) is 0 Å². The quantitative estimate of drug-likeness (QED) is 0.258. The third-order valence-corrected chi connectivity index (χ3v) is 8.80. The molecule has 3 heteroatoms. The lowest BCUT2D eigenvalue weighted by Crippen LogP contribution is -2.48. The van der Waals surface area contributed by atoms with Gasteiger partial charge in [-0.05, 0) is 124 Å². The van der Waals surface area contributed by atoms with E-state index >= 15 is 0 Å². The Morgan fingerprint density at radius 3 is 2.17 bits per heavy atom. The van der Waals surface area contributed by atoms with Crippen LogP contribution in [-0.2, 0) is 5.41 Å². The number of hydrogen-bond acceptors (Lipinski definition) is 2.